The van der Waals surface area contributed by atoms with Gasteiger partial charge in [-0.05, 0) is 18.9 Å². The molecule has 0 radical (unpaired) electrons. The number of hydrogen-bond donors (Lipinski definition) is 1. The summed E-state index contributed by atoms with van der Waals surface area (Å²) in [6.45, 7) is 0.498. The van der Waals surface area contributed by atoms with Gasteiger partial charge in [0.2, 0.25) is 11.7 Å². The Balaban J connectivity index is 1.74. The highest BCUT2D eigenvalue weighted by atomic mass is 16.6. The molecular weight excluding hydrogens is 272 g/mol. The zero-order valence-corrected chi connectivity index (χ0v) is 11.5. The SMILES string of the molecule is O=[N+]([O-])c1ccccc1-c1noc(CNC2CCCC2)n1. The molecular formula is C14H16N4O3. The van der Waals surface area contributed by atoms with Gasteiger partial charge >= 0.3 is 0 Å². The normalized spacial score (nSPS) is 15.4. The smallest absolute Gasteiger partial charge is 0.280 e. The lowest BCUT2D eigenvalue weighted by Gasteiger charge is -2.08. The van der Waals surface area contributed by atoms with Gasteiger partial charge in [-0.3, -0.25) is 10.1 Å². The van der Waals surface area contributed by atoms with Gasteiger partial charge in [-0.15, -0.1) is 0 Å². The van der Waals surface area contributed by atoms with Gasteiger partial charge in [-0.2, -0.15) is 4.98 Å². The molecule has 1 aromatic heterocycles. The van der Waals surface area contributed by atoms with Gasteiger partial charge in [0.25, 0.3) is 5.69 Å². The lowest BCUT2D eigenvalue weighted by Crippen LogP contribution is -2.25. The maximum Gasteiger partial charge on any atom is 0.280 e. The number of aromatic nitrogens is 2. The maximum absolute atomic E-state index is 11.0. The van der Waals surface area contributed by atoms with Crippen LogP contribution in [0.2, 0.25) is 0 Å². The fourth-order valence-electron chi connectivity index (χ4n) is 2.62. The van der Waals surface area contributed by atoms with Crippen molar-refractivity contribution in [2.24, 2.45) is 0 Å². The Morgan fingerprint density at radius 2 is 2.10 bits per heavy atom. The summed E-state index contributed by atoms with van der Waals surface area (Å²) in [6.07, 6.45) is 4.85. The largest absolute Gasteiger partial charge is 0.338 e. The molecule has 1 saturated carbocycles. The molecule has 3 rings (SSSR count). The Morgan fingerprint density at radius 3 is 2.86 bits per heavy atom. The van der Waals surface area contributed by atoms with Crippen LogP contribution in [0.25, 0.3) is 11.4 Å². The highest BCUT2D eigenvalue weighted by molar-refractivity contribution is 5.67. The van der Waals surface area contributed by atoms with Crippen molar-refractivity contribution in [2.45, 2.75) is 38.3 Å². The lowest BCUT2D eigenvalue weighted by molar-refractivity contribution is -0.384. The average molecular weight is 288 g/mol. The van der Waals surface area contributed by atoms with Crippen LogP contribution in [-0.4, -0.2) is 21.1 Å². The quantitative estimate of drug-likeness (QED) is 0.671. The summed E-state index contributed by atoms with van der Waals surface area (Å²) in [7, 11) is 0. The molecule has 0 bridgehead atoms. The Kier molecular flexibility index (Phi) is 3.92. The Hall–Kier alpha value is -2.28. The van der Waals surface area contributed by atoms with E-state index >= 15 is 0 Å². The van der Waals surface area contributed by atoms with E-state index in [2.05, 4.69) is 15.5 Å². The Morgan fingerprint density at radius 1 is 1.33 bits per heavy atom. The highest BCUT2D eigenvalue weighted by Crippen LogP contribution is 2.27. The monoisotopic (exact) mass is 288 g/mol. The van der Waals surface area contributed by atoms with Crippen LogP contribution in [0.15, 0.2) is 28.8 Å². The summed E-state index contributed by atoms with van der Waals surface area (Å²) in [5, 5.41) is 18.2. The van der Waals surface area contributed by atoms with E-state index in [0.29, 0.717) is 24.0 Å². The van der Waals surface area contributed by atoms with Crippen molar-refractivity contribution >= 4 is 5.69 Å². The number of nitro groups is 1. The molecule has 1 N–H and O–H groups in total. The summed E-state index contributed by atoms with van der Waals surface area (Å²) in [6, 6.07) is 6.89. The van der Waals surface area contributed by atoms with Crippen LogP contribution >= 0.6 is 0 Å². The number of nitrogens with one attached hydrogen (secondary N) is 1. The van der Waals surface area contributed by atoms with Crippen LogP contribution in [0.1, 0.15) is 31.6 Å². The molecule has 0 unspecified atom stereocenters. The van der Waals surface area contributed by atoms with E-state index in [1.54, 1.807) is 18.2 Å². The molecule has 0 aliphatic heterocycles. The Bertz CT molecular complexity index is 635. The number of nitrogens with zero attached hydrogens (tertiary/aromatic N) is 3. The van der Waals surface area contributed by atoms with Crippen molar-refractivity contribution < 1.29 is 9.45 Å². The molecule has 1 aliphatic rings. The van der Waals surface area contributed by atoms with E-state index in [-0.39, 0.29) is 11.5 Å². The predicted octanol–water partition coefficient (Wildman–Crippen LogP) is 2.68. The molecule has 1 heterocycles. The minimum Gasteiger partial charge on any atom is -0.338 e. The van der Waals surface area contributed by atoms with Gasteiger partial charge < -0.3 is 9.84 Å². The fraction of sp³-hybridized carbons (Fsp3) is 0.429. The molecule has 1 aliphatic carbocycles. The zero-order chi connectivity index (χ0) is 14.7. The highest BCUT2D eigenvalue weighted by Gasteiger charge is 2.20. The molecule has 7 nitrogen and oxygen atoms in total. The fourth-order valence-corrected chi connectivity index (χ4v) is 2.62. The van der Waals surface area contributed by atoms with Crippen LogP contribution < -0.4 is 5.32 Å². The average Bonchev–Trinajstić information content (AvgIpc) is 3.16. The molecule has 110 valence electrons. The predicted molar refractivity (Wildman–Crippen MR) is 75.5 cm³/mol. The van der Waals surface area contributed by atoms with Crippen molar-refractivity contribution in [2.75, 3.05) is 0 Å². The molecule has 1 aromatic carbocycles. The number of nitro benzene ring substituents is 1. The molecule has 0 saturated heterocycles. The third-order valence-corrected chi connectivity index (χ3v) is 3.71. The summed E-state index contributed by atoms with van der Waals surface area (Å²) in [4.78, 5) is 14.8. The van der Waals surface area contributed by atoms with Gasteiger partial charge in [-0.25, -0.2) is 0 Å². The van der Waals surface area contributed by atoms with E-state index in [9.17, 15) is 10.1 Å². The first-order chi connectivity index (χ1) is 10.2. The lowest BCUT2D eigenvalue weighted by atomic mass is 10.2. The van der Waals surface area contributed by atoms with Gasteiger partial charge in [0.05, 0.1) is 11.5 Å². The van der Waals surface area contributed by atoms with Crippen molar-refractivity contribution in [3.8, 4) is 11.4 Å². The number of hydrogen-bond acceptors (Lipinski definition) is 6. The van der Waals surface area contributed by atoms with Crippen LogP contribution in [0.5, 0.6) is 0 Å². The van der Waals surface area contributed by atoms with E-state index in [1.165, 1.54) is 31.7 Å². The summed E-state index contributed by atoms with van der Waals surface area (Å²) in [5.41, 5.74) is 0.354. The third kappa shape index (κ3) is 3.08. The second-order valence-electron chi connectivity index (χ2n) is 5.15. The minimum atomic E-state index is -0.442. The van der Waals surface area contributed by atoms with Crippen molar-refractivity contribution in [3.05, 3.63) is 40.3 Å². The summed E-state index contributed by atoms with van der Waals surface area (Å²) >= 11 is 0. The van der Waals surface area contributed by atoms with Crippen molar-refractivity contribution in [3.63, 3.8) is 0 Å². The van der Waals surface area contributed by atoms with Crippen LogP contribution in [0.3, 0.4) is 0 Å². The Labute approximate surface area is 121 Å². The first-order valence-electron chi connectivity index (χ1n) is 7.04. The number of rotatable bonds is 5. The van der Waals surface area contributed by atoms with Crippen LogP contribution in [0.4, 0.5) is 5.69 Å². The van der Waals surface area contributed by atoms with Crippen LogP contribution in [-0.2, 0) is 6.54 Å². The van der Waals surface area contributed by atoms with E-state index in [4.69, 9.17) is 4.52 Å². The van der Waals surface area contributed by atoms with Crippen molar-refractivity contribution in [1.29, 1.82) is 0 Å². The van der Waals surface area contributed by atoms with Crippen LogP contribution in [0, 0.1) is 10.1 Å². The molecule has 1 fully saturated rings. The molecule has 2 aromatic rings. The van der Waals surface area contributed by atoms with Gasteiger partial charge in [-0.1, -0.05) is 30.1 Å². The van der Waals surface area contributed by atoms with Crippen molar-refractivity contribution in [1.82, 2.24) is 15.5 Å². The second-order valence-corrected chi connectivity index (χ2v) is 5.15. The molecule has 0 amide bonds. The first kappa shape index (κ1) is 13.7. The van der Waals surface area contributed by atoms with Gasteiger partial charge in [0, 0.05) is 12.1 Å². The summed E-state index contributed by atoms with van der Waals surface area (Å²) in [5.74, 6) is 0.709. The maximum atomic E-state index is 11.0. The zero-order valence-electron chi connectivity index (χ0n) is 11.5. The van der Waals surface area contributed by atoms with E-state index in [0.717, 1.165) is 0 Å². The standard InChI is InChI=1S/C14H16N4O3/c19-18(20)12-8-4-3-7-11(12)14-16-13(21-17-14)9-15-10-5-1-2-6-10/h3-4,7-8,10,15H,1-2,5-6,9H2. The second kappa shape index (κ2) is 6.01. The molecule has 0 spiro atoms. The van der Waals surface area contributed by atoms with Gasteiger partial charge in [0.1, 0.15) is 5.56 Å². The number of benzene rings is 1. The van der Waals surface area contributed by atoms with E-state index < -0.39 is 4.92 Å². The molecule has 7 heteroatoms. The first-order valence-corrected chi connectivity index (χ1v) is 7.04. The minimum absolute atomic E-state index is 0.0198. The molecule has 21 heavy (non-hydrogen) atoms. The third-order valence-electron chi connectivity index (χ3n) is 3.71. The number of para-hydroxylation sites is 1. The van der Waals surface area contributed by atoms with E-state index in [1.807, 2.05) is 0 Å². The topological polar surface area (TPSA) is 94.1 Å². The summed E-state index contributed by atoms with van der Waals surface area (Å²) < 4.78 is 5.17. The van der Waals surface area contributed by atoms with Gasteiger partial charge in [0.15, 0.2) is 0 Å². The molecule has 0 atom stereocenters.